The number of nitrogens with zero attached hydrogens (tertiary/aromatic N) is 2. The lowest BCUT2D eigenvalue weighted by atomic mass is 10.2. The number of allylic oxidation sites excluding steroid dienone is 1. The fourth-order valence-electron chi connectivity index (χ4n) is 2.29. The van der Waals surface area contributed by atoms with Crippen LogP contribution in [0.3, 0.4) is 0 Å². The lowest BCUT2D eigenvalue weighted by molar-refractivity contribution is -0.120. The van der Waals surface area contributed by atoms with E-state index in [0.29, 0.717) is 23.6 Å². The average molecular weight is 366 g/mol. The van der Waals surface area contributed by atoms with Gasteiger partial charge in [-0.3, -0.25) is 14.2 Å². The maximum absolute atomic E-state index is 12.9. The summed E-state index contributed by atoms with van der Waals surface area (Å²) in [5, 5.41) is 3.79. The van der Waals surface area contributed by atoms with E-state index in [2.05, 4.69) is 16.9 Å². The van der Waals surface area contributed by atoms with Crippen LogP contribution in [0.2, 0.25) is 0 Å². The molecule has 0 spiro atoms. The summed E-state index contributed by atoms with van der Waals surface area (Å²) in [7, 11) is 0. The predicted molar refractivity (Wildman–Crippen MR) is 102 cm³/mol. The Morgan fingerprint density at radius 2 is 2.21 bits per heavy atom. The minimum atomic E-state index is -0.320. The number of fused-ring (bicyclic) bond motifs is 1. The summed E-state index contributed by atoms with van der Waals surface area (Å²) in [5.41, 5.74) is 0.918. The van der Waals surface area contributed by atoms with Crippen molar-refractivity contribution in [2.45, 2.75) is 51.1 Å². The number of thiophene rings is 1. The first kappa shape index (κ1) is 18.7. The molecule has 0 aliphatic rings. The highest BCUT2D eigenvalue weighted by Crippen LogP contribution is 2.29. The summed E-state index contributed by atoms with van der Waals surface area (Å²) >= 11 is 2.83. The summed E-state index contributed by atoms with van der Waals surface area (Å²) in [6.45, 7) is 12.5. The molecule has 2 heterocycles. The van der Waals surface area contributed by atoms with Crippen molar-refractivity contribution in [3.8, 4) is 0 Å². The zero-order valence-electron chi connectivity index (χ0n) is 14.5. The van der Waals surface area contributed by atoms with E-state index in [0.717, 1.165) is 21.7 Å². The first-order chi connectivity index (χ1) is 11.4. The Bertz CT molecular complexity index is 823. The molecular formula is C17H23N3O2S2. The molecule has 0 aromatic carbocycles. The van der Waals surface area contributed by atoms with Crippen molar-refractivity contribution >= 4 is 39.2 Å². The van der Waals surface area contributed by atoms with Gasteiger partial charge >= 0.3 is 0 Å². The van der Waals surface area contributed by atoms with E-state index in [1.807, 2.05) is 27.7 Å². The third-order valence-corrected chi connectivity index (χ3v) is 5.96. The van der Waals surface area contributed by atoms with Gasteiger partial charge in [-0.1, -0.05) is 24.8 Å². The van der Waals surface area contributed by atoms with Crippen LogP contribution < -0.4 is 10.9 Å². The monoisotopic (exact) mass is 365 g/mol. The molecular weight excluding hydrogens is 342 g/mol. The number of amides is 1. The fourth-order valence-corrected chi connectivity index (χ4v) is 4.31. The zero-order chi connectivity index (χ0) is 17.9. The maximum Gasteiger partial charge on any atom is 0.263 e. The molecule has 2 aromatic rings. The van der Waals surface area contributed by atoms with Crippen molar-refractivity contribution in [2.24, 2.45) is 0 Å². The van der Waals surface area contributed by atoms with Crippen molar-refractivity contribution in [1.82, 2.24) is 14.9 Å². The van der Waals surface area contributed by atoms with Crippen LogP contribution in [0.15, 0.2) is 22.6 Å². The Hall–Kier alpha value is -1.60. The molecule has 0 unspecified atom stereocenters. The first-order valence-electron chi connectivity index (χ1n) is 7.96. The molecule has 0 aliphatic carbocycles. The first-order valence-corrected chi connectivity index (χ1v) is 9.66. The minimum Gasteiger partial charge on any atom is -0.355 e. The summed E-state index contributed by atoms with van der Waals surface area (Å²) in [6.07, 6.45) is 2.57. The molecule has 0 bridgehead atoms. The molecule has 0 fully saturated rings. The van der Waals surface area contributed by atoms with E-state index >= 15 is 0 Å². The second kappa shape index (κ2) is 7.98. The van der Waals surface area contributed by atoms with E-state index in [1.54, 1.807) is 10.6 Å². The third-order valence-electron chi connectivity index (χ3n) is 3.77. The van der Waals surface area contributed by atoms with Crippen LogP contribution in [0.5, 0.6) is 0 Å². The van der Waals surface area contributed by atoms with Gasteiger partial charge in [0.25, 0.3) is 5.56 Å². The van der Waals surface area contributed by atoms with E-state index < -0.39 is 0 Å². The highest BCUT2D eigenvalue weighted by atomic mass is 32.2. The number of hydrogen-bond acceptors (Lipinski definition) is 5. The second-order valence-corrected chi connectivity index (χ2v) is 8.12. The molecule has 2 aromatic heterocycles. The average Bonchev–Trinajstić information content (AvgIpc) is 2.83. The summed E-state index contributed by atoms with van der Waals surface area (Å²) < 4.78 is 1.60. The smallest absolute Gasteiger partial charge is 0.263 e. The van der Waals surface area contributed by atoms with Crippen molar-refractivity contribution < 1.29 is 4.79 Å². The number of carbonyl (C=O) groups excluding carboxylic acids is 1. The minimum absolute atomic E-state index is 0.0418. The van der Waals surface area contributed by atoms with Gasteiger partial charge in [-0.2, -0.15) is 0 Å². The molecule has 24 heavy (non-hydrogen) atoms. The Balaban J connectivity index is 2.45. The van der Waals surface area contributed by atoms with Crippen LogP contribution in [0, 0.1) is 13.8 Å². The second-order valence-electron chi connectivity index (χ2n) is 5.61. The van der Waals surface area contributed by atoms with E-state index in [-0.39, 0.29) is 16.7 Å². The van der Waals surface area contributed by atoms with E-state index in [1.165, 1.54) is 23.1 Å². The van der Waals surface area contributed by atoms with Crippen LogP contribution >= 0.6 is 23.1 Å². The van der Waals surface area contributed by atoms with Gasteiger partial charge in [0.05, 0.1) is 10.6 Å². The molecule has 7 heteroatoms. The topological polar surface area (TPSA) is 64.0 Å². The van der Waals surface area contributed by atoms with E-state index in [9.17, 15) is 9.59 Å². The predicted octanol–water partition coefficient (Wildman–Crippen LogP) is 3.27. The Labute approximate surface area is 150 Å². The molecule has 2 rings (SSSR count). The van der Waals surface area contributed by atoms with Gasteiger partial charge in [-0.25, -0.2) is 4.98 Å². The van der Waals surface area contributed by atoms with Gasteiger partial charge in [0, 0.05) is 18.0 Å². The third kappa shape index (κ3) is 3.72. The van der Waals surface area contributed by atoms with Gasteiger partial charge < -0.3 is 5.32 Å². The summed E-state index contributed by atoms with van der Waals surface area (Å²) in [4.78, 5) is 31.5. The highest BCUT2D eigenvalue weighted by molar-refractivity contribution is 8.00. The lowest BCUT2D eigenvalue weighted by Crippen LogP contribution is -2.32. The molecule has 1 N–H and O–H groups in total. The highest BCUT2D eigenvalue weighted by Gasteiger charge is 2.20. The quantitative estimate of drug-likeness (QED) is 0.465. The van der Waals surface area contributed by atoms with E-state index in [4.69, 9.17) is 0 Å². The van der Waals surface area contributed by atoms with Gasteiger partial charge in [-0.15, -0.1) is 17.9 Å². The van der Waals surface area contributed by atoms with Crippen molar-refractivity contribution in [3.63, 3.8) is 0 Å². The van der Waals surface area contributed by atoms with Crippen LogP contribution in [0.4, 0.5) is 0 Å². The van der Waals surface area contributed by atoms with Crippen LogP contribution in [-0.4, -0.2) is 27.3 Å². The molecule has 0 saturated carbocycles. The number of thioether (sulfide) groups is 1. The van der Waals surface area contributed by atoms with Crippen molar-refractivity contribution in [1.29, 1.82) is 0 Å². The standard InChI is InChI=1S/C17H23N3O2S2/c1-6-8-18-14(21)12(5)24-17-19-15-13(10(3)11(4)23-15)16(22)20(17)9-7-2/h7,12H,2,6,8-9H2,1,3-5H3,(H,18,21)/t12-/m1/s1. The van der Waals surface area contributed by atoms with Gasteiger partial charge in [-0.05, 0) is 32.8 Å². The summed E-state index contributed by atoms with van der Waals surface area (Å²) in [5.74, 6) is -0.0418. The van der Waals surface area contributed by atoms with Crippen LogP contribution in [0.1, 0.15) is 30.7 Å². The Morgan fingerprint density at radius 3 is 2.83 bits per heavy atom. The molecule has 0 aliphatic heterocycles. The van der Waals surface area contributed by atoms with Crippen LogP contribution in [0.25, 0.3) is 10.2 Å². The van der Waals surface area contributed by atoms with Gasteiger partial charge in [0.2, 0.25) is 5.91 Å². The normalized spacial score (nSPS) is 12.3. The van der Waals surface area contributed by atoms with Gasteiger partial charge in [0.15, 0.2) is 5.16 Å². The Kier molecular flexibility index (Phi) is 6.23. The SMILES string of the molecule is C=CCn1c(S[C@H](C)C(=O)NCCC)nc2sc(C)c(C)c2c1=O. The summed E-state index contributed by atoms with van der Waals surface area (Å²) in [6, 6.07) is 0. The van der Waals surface area contributed by atoms with Crippen molar-refractivity contribution in [2.75, 3.05) is 6.54 Å². The number of rotatable bonds is 7. The fraction of sp³-hybridized carbons (Fsp3) is 0.471. The largest absolute Gasteiger partial charge is 0.355 e. The number of aromatic nitrogens is 2. The molecule has 130 valence electrons. The Morgan fingerprint density at radius 1 is 1.50 bits per heavy atom. The van der Waals surface area contributed by atoms with Gasteiger partial charge in [0.1, 0.15) is 4.83 Å². The zero-order valence-corrected chi connectivity index (χ0v) is 16.1. The molecule has 1 atom stereocenters. The maximum atomic E-state index is 12.9. The number of carbonyl (C=O) groups is 1. The number of nitrogens with one attached hydrogen (secondary N) is 1. The van der Waals surface area contributed by atoms with Crippen LogP contribution in [-0.2, 0) is 11.3 Å². The lowest BCUT2D eigenvalue weighted by Gasteiger charge is -2.14. The van der Waals surface area contributed by atoms with Crippen molar-refractivity contribution in [3.05, 3.63) is 33.4 Å². The molecule has 5 nitrogen and oxygen atoms in total. The molecule has 1 amide bonds. The molecule has 0 saturated heterocycles. The number of aryl methyl sites for hydroxylation is 2. The number of hydrogen-bond donors (Lipinski definition) is 1. The molecule has 0 radical (unpaired) electrons.